The van der Waals surface area contributed by atoms with Gasteiger partial charge in [-0.25, -0.2) is 4.98 Å². The van der Waals surface area contributed by atoms with E-state index >= 15 is 0 Å². The van der Waals surface area contributed by atoms with Crippen LogP contribution in [0.3, 0.4) is 0 Å². The molecule has 0 saturated carbocycles. The Bertz CT molecular complexity index is 1070. The predicted octanol–water partition coefficient (Wildman–Crippen LogP) is 3.90. The van der Waals surface area contributed by atoms with Crippen LogP contribution in [0.2, 0.25) is 0 Å². The van der Waals surface area contributed by atoms with E-state index in [-0.39, 0.29) is 11.8 Å². The van der Waals surface area contributed by atoms with Crippen molar-refractivity contribution in [2.75, 3.05) is 13.2 Å². The standard InChI is InChI=1S/C23H27N3O3/c1-5-28-19-9-8-16(23(15(19)4)29-6-2)17-11-21(27)24-12-18-22(17)26-13-14(3)7-10-20(26)25-18/h7-10,13,17H,5-6,11-12H2,1-4H3,(H,24,27)/t17-/m0/s1. The van der Waals surface area contributed by atoms with Gasteiger partial charge in [-0.3, -0.25) is 4.79 Å². The number of rotatable bonds is 5. The summed E-state index contributed by atoms with van der Waals surface area (Å²) in [5.41, 5.74) is 5.94. The van der Waals surface area contributed by atoms with E-state index in [1.54, 1.807) is 0 Å². The topological polar surface area (TPSA) is 64.9 Å². The Labute approximate surface area is 170 Å². The van der Waals surface area contributed by atoms with Gasteiger partial charge in [0, 0.05) is 29.7 Å². The summed E-state index contributed by atoms with van der Waals surface area (Å²) in [5, 5.41) is 2.99. The van der Waals surface area contributed by atoms with Crippen molar-refractivity contribution in [3.63, 3.8) is 0 Å². The van der Waals surface area contributed by atoms with Crippen LogP contribution in [0.25, 0.3) is 5.65 Å². The number of aryl methyl sites for hydroxylation is 1. The summed E-state index contributed by atoms with van der Waals surface area (Å²) in [4.78, 5) is 17.3. The molecule has 0 unspecified atom stereocenters. The lowest BCUT2D eigenvalue weighted by Gasteiger charge is -2.22. The van der Waals surface area contributed by atoms with Crippen LogP contribution < -0.4 is 14.8 Å². The Kier molecular flexibility index (Phi) is 5.18. The molecule has 4 rings (SSSR count). The maximum atomic E-state index is 12.5. The monoisotopic (exact) mass is 393 g/mol. The average molecular weight is 393 g/mol. The van der Waals surface area contributed by atoms with Gasteiger partial charge >= 0.3 is 0 Å². The molecule has 3 aromatic rings. The number of amides is 1. The van der Waals surface area contributed by atoms with Gasteiger partial charge in [0.05, 0.1) is 31.1 Å². The van der Waals surface area contributed by atoms with Crippen LogP contribution in [-0.2, 0) is 11.3 Å². The third-order valence-electron chi connectivity index (χ3n) is 5.40. The number of ether oxygens (including phenoxy) is 2. The SMILES string of the molecule is CCOc1ccc([C@@H]2CC(=O)NCc3nc4ccc(C)cn4c32)c(OCC)c1C. The molecule has 1 aliphatic rings. The van der Waals surface area contributed by atoms with Gasteiger partial charge in [0.15, 0.2) is 0 Å². The molecule has 6 nitrogen and oxygen atoms in total. The third-order valence-corrected chi connectivity index (χ3v) is 5.40. The Morgan fingerprint density at radius 2 is 1.93 bits per heavy atom. The van der Waals surface area contributed by atoms with Crippen molar-refractivity contribution < 1.29 is 14.3 Å². The van der Waals surface area contributed by atoms with E-state index in [1.807, 2.05) is 39.0 Å². The fraction of sp³-hybridized carbons (Fsp3) is 0.391. The zero-order valence-corrected chi connectivity index (χ0v) is 17.4. The van der Waals surface area contributed by atoms with Crippen LogP contribution in [0.15, 0.2) is 30.5 Å². The quantitative estimate of drug-likeness (QED) is 0.714. The number of nitrogens with zero attached hydrogens (tertiary/aromatic N) is 2. The zero-order valence-electron chi connectivity index (χ0n) is 17.4. The predicted molar refractivity (Wildman–Crippen MR) is 112 cm³/mol. The Balaban J connectivity index is 1.95. The Hall–Kier alpha value is -3.02. The van der Waals surface area contributed by atoms with E-state index in [9.17, 15) is 4.79 Å². The van der Waals surface area contributed by atoms with Gasteiger partial charge < -0.3 is 19.2 Å². The number of fused-ring (bicyclic) bond motifs is 3. The summed E-state index contributed by atoms with van der Waals surface area (Å²) >= 11 is 0. The molecule has 0 saturated heterocycles. The van der Waals surface area contributed by atoms with Crippen LogP contribution in [0.1, 0.15) is 54.3 Å². The highest BCUT2D eigenvalue weighted by Gasteiger charge is 2.31. The fourth-order valence-corrected chi connectivity index (χ4v) is 4.13. The number of imidazole rings is 1. The van der Waals surface area contributed by atoms with Crippen molar-refractivity contribution in [1.29, 1.82) is 0 Å². The molecule has 1 amide bonds. The maximum Gasteiger partial charge on any atom is 0.221 e. The lowest BCUT2D eigenvalue weighted by Crippen LogP contribution is -2.21. The lowest BCUT2D eigenvalue weighted by atomic mass is 9.89. The Morgan fingerprint density at radius 3 is 2.69 bits per heavy atom. The van der Waals surface area contributed by atoms with Gasteiger partial charge in [0.1, 0.15) is 17.1 Å². The molecule has 0 spiro atoms. The molecule has 0 aliphatic carbocycles. The first-order valence-electron chi connectivity index (χ1n) is 10.2. The maximum absolute atomic E-state index is 12.5. The first-order chi connectivity index (χ1) is 14.0. The molecular formula is C23H27N3O3. The fourth-order valence-electron chi connectivity index (χ4n) is 4.13. The van der Waals surface area contributed by atoms with Gasteiger partial charge in [-0.05, 0) is 45.4 Å². The minimum atomic E-state index is -0.153. The van der Waals surface area contributed by atoms with Crippen molar-refractivity contribution in [3.8, 4) is 11.5 Å². The molecule has 0 fully saturated rings. The smallest absolute Gasteiger partial charge is 0.221 e. The van der Waals surface area contributed by atoms with Crippen LogP contribution in [0.5, 0.6) is 11.5 Å². The van der Waals surface area contributed by atoms with Gasteiger partial charge in [-0.15, -0.1) is 0 Å². The number of pyridine rings is 1. The van der Waals surface area contributed by atoms with Crippen LogP contribution in [0.4, 0.5) is 0 Å². The van der Waals surface area contributed by atoms with E-state index < -0.39 is 0 Å². The van der Waals surface area contributed by atoms with E-state index in [4.69, 9.17) is 14.5 Å². The van der Waals surface area contributed by atoms with E-state index in [0.29, 0.717) is 26.2 Å². The minimum Gasteiger partial charge on any atom is -0.493 e. The number of hydrogen-bond donors (Lipinski definition) is 1. The van der Waals surface area contributed by atoms with Crippen LogP contribution in [-0.4, -0.2) is 28.5 Å². The highest BCUT2D eigenvalue weighted by molar-refractivity contribution is 5.79. The van der Waals surface area contributed by atoms with Gasteiger partial charge in [0.2, 0.25) is 5.91 Å². The largest absolute Gasteiger partial charge is 0.493 e. The molecule has 6 heteroatoms. The first kappa shape index (κ1) is 19.3. The lowest BCUT2D eigenvalue weighted by molar-refractivity contribution is -0.121. The molecule has 0 bridgehead atoms. The number of nitrogens with one attached hydrogen (secondary N) is 1. The Morgan fingerprint density at radius 1 is 1.14 bits per heavy atom. The number of benzene rings is 1. The molecule has 1 N–H and O–H groups in total. The first-order valence-corrected chi connectivity index (χ1v) is 10.2. The summed E-state index contributed by atoms with van der Waals surface area (Å²) in [7, 11) is 0. The summed E-state index contributed by atoms with van der Waals surface area (Å²) in [5.74, 6) is 1.47. The number of hydrogen-bond acceptors (Lipinski definition) is 4. The van der Waals surface area contributed by atoms with E-state index in [1.165, 1.54) is 0 Å². The second-order valence-corrected chi connectivity index (χ2v) is 7.38. The molecule has 152 valence electrons. The normalized spacial score (nSPS) is 16.3. The number of aromatic nitrogens is 2. The number of carbonyl (C=O) groups is 1. The molecule has 2 aromatic heterocycles. The second kappa shape index (κ2) is 7.78. The molecular weight excluding hydrogens is 366 g/mol. The van der Waals surface area contributed by atoms with E-state index in [2.05, 4.69) is 28.9 Å². The summed E-state index contributed by atoms with van der Waals surface area (Å²) in [6.45, 7) is 9.58. The third kappa shape index (κ3) is 3.43. The van der Waals surface area contributed by atoms with Crippen molar-refractivity contribution in [3.05, 3.63) is 58.5 Å². The van der Waals surface area contributed by atoms with Crippen molar-refractivity contribution in [1.82, 2.24) is 14.7 Å². The minimum absolute atomic E-state index is 0.0170. The van der Waals surface area contributed by atoms with Gasteiger partial charge in [0.25, 0.3) is 0 Å². The van der Waals surface area contributed by atoms with Crippen molar-refractivity contribution in [2.24, 2.45) is 0 Å². The van der Waals surface area contributed by atoms with Crippen LogP contribution in [0, 0.1) is 13.8 Å². The molecule has 1 aromatic carbocycles. The summed E-state index contributed by atoms with van der Waals surface area (Å²) in [6, 6.07) is 8.09. The molecule has 1 aliphatic heterocycles. The highest BCUT2D eigenvalue weighted by Crippen LogP contribution is 2.42. The molecule has 1 atom stereocenters. The molecule has 29 heavy (non-hydrogen) atoms. The van der Waals surface area contributed by atoms with Crippen molar-refractivity contribution >= 4 is 11.6 Å². The summed E-state index contributed by atoms with van der Waals surface area (Å²) < 4.78 is 14.0. The van der Waals surface area contributed by atoms with Crippen molar-refractivity contribution in [2.45, 2.75) is 46.6 Å². The van der Waals surface area contributed by atoms with E-state index in [0.717, 1.165) is 45.2 Å². The second-order valence-electron chi connectivity index (χ2n) is 7.38. The average Bonchev–Trinajstić information content (AvgIpc) is 2.97. The van der Waals surface area contributed by atoms with Gasteiger partial charge in [-0.1, -0.05) is 12.1 Å². The van der Waals surface area contributed by atoms with Crippen LogP contribution >= 0.6 is 0 Å². The molecule has 0 radical (unpaired) electrons. The highest BCUT2D eigenvalue weighted by atomic mass is 16.5. The summed E-state index contributed by atoms with van der Waals surface area (Å²) in [6.07, 6.45) is 2.44. The van der Waals surface area contributed by atoms with Gasteiger partial charge in [-0.2, -0.15) is 0 Å². The molecule has 3 heterocycles. The zero-order chi connectivity index (χ0) is 20.5. The number of carbonyl (C=O) groups excluding carboxylic acids is 1.